The number of alkyl halides is 9. The first-order valence-corrected chi connectivity index (χ1v) is 13.0. The lowest BCUT2D eigenvalue weighted by Crippen LogP contribution is -2.63. The van der Waals surface area contributed by atoms with Crippen LogP contribution in [0.2, 0.25) is 0 Å². The van der Waals surface area contributed by atoms with Crippen molar-refractivity contribution in [2.45, 2.75) is 55.9 Å². The van der Waals surface area contributed by atoms with Gasteiger partial charge in [-0.05, 0) is 17.3 Å². The van der Waals surface area contributed by atoms with Crippen molar-refractivity contribution in [3.05, 3.63) is 0 Å². The summed E-state index contributed by atoms with van der Waals surface area (Å²) in [6, 6.07) is 0. The maximum atomic E-state index is 12.2. The molecule has 0 aliphatic carbocycles. The summed E-state index contributed by atoms with van der Waals surface area (Å²) in [5, 5.41) is -7.11. The van der Waals surface area contributed by atoms with Gasteiger partial charge in [0.05, 0.1) is 0 Å². The van der Waals surface area contributed by atoms with Gasteiger partial charge in [0.15, 0.2) is 21.7 Å². The first kappa shape index (κ1) is 30.6. The molecule has 1 rings (SSSR count). The summed E-state index contributed by atoms with van der Waals surface area (Å²) in [5.74, 6) is -8.25. The third kappa shape index (κ3) is 8.18. The molecule has 1 fully saturated rings. The number of unbranched alkanes of at least 4 members (excludes halogenated alkanes) is 2. The summed E-state index contributed by atoms with van der Waals surface area (Å²) in [6.45, 7) is 2.19. The van der Waals surface area contributed by atoms with E-state index in [1.807, 2.05) is 11.8 Å². The van der Waals surface area contributed by atoms with E-state index in [0.717, 1.165) is 18.6 Å². The number of carbonyl (C=O) groups is 1. The summed E-state index contributed by atoms with van der Waals surface area (Å²) in [6.07, 6.45) is -2.78. The first-order chi connectivity index (χ1) is 13.8. The molecule has 1 aliphatic rings. The Labute approximate surface area is 180 Å². The fourth-order valence-corrected chi connectivity index (χ4v) is 6.66. The fraction of sp³-hybridized carbons (Fsp3) is 0.933. The van der Waals surface area contributed by atoms with E-state index in [4.69, 9.17) is 0 Å². The molecule has 0 saturated carbocycles. The quantitative estimate of drug-likeness (QED) is 0.190. The third-order valence-corrected chi connectivity index (χ3v) is 8.57. The molecule has 0 amide bonds. The molecule has 0 aromatic rings. The minimum Gasteiger partial charge on any atom is -0.743 e. The van der Waals surface area contributed by atoms with E-state index in [0.29, 0.717) is 16.7 Å². The maximum Gasteiger partial charge on any atom is 0.460 e. The number of rotatable bonds is 9. The summed E-state index contributed by atoms with van der Waals surface area (Å²) in [7, 11) is -6.97. The summed E-state index contributed by atoms with van der Waals surface area (Å²) < 4.78 is 135. The van der Waals surface area contributed by atoms with Gasteiger partial charge in [-0.3, -0.25) is 4.79 Å². The number of hydrogen-bond acceptors (Lipinski definition) is 5. The van der Waals surface area contributed by atoms with Crippen LogP contribution in [0.5, 0.6) is 0 Å². The Morgan fingerprint density at radius 3 is 1.81 bits per heavy atom. The Morgan fingerprint density at radius 2 is 1.42 bits per heavy atom. The van der Waals surface area contributed by atoms with E-state index in [1.54, 1.807) is 0 Å². The Kier molecular flexibility index (Phi) is 11.5. The van der Waals surface area contributed by atoms with Crippen LogP contribution in [-0.4, -0.2) is 70.8 Å². The number of ketones is 1. The molecule has 1 heterocycles. The van der Waals surface area contributed by atoms with Crippen molar-refractivity contribution < 1.29 is 57.3 Å². The van der Waals surface area contributed by atoms with E-state index >= 15 is 0 Å². The van der Waals surface area contributed by atoms with Gasteiger partial charge in [0.1, 0.15) is 11.5 Å². The van der Waals surface area contributed by atoms with Crippen LogP contribution in [0.1, 0.15) is 32.6 Å². The van der Waals surface area contributed by atoms with Crippen LogP contribution in [0.15, 0.2) is 0 Å². The predicted octanol–water partition coefficient (Wildman–Crippen LogP) is 4.46. The zero-order valence-electron chi connectivity index (χ0n) is 16.1. The summed E-state index contributed by atoms with van der Waals surface area (Å²) in [5.41, 5.74) is 0. The van der Waals surface area contributed by atoms with Crippen LogP contribution in [0, 0.1) is 0 Å². The average Bonchev–Trinajstić information content (AvgIpc) is 2.61. The molecule has 16 heteroatoms. The molecule has 1 aliphatic heterocycles. The normalized spacial score (nSPS) is 17.1. The molecule has 0 N–H and O–H groups in total. The number of carbonyl (C=O) groups excluding carboxylic acids is 1. The van der Waals surface area contributed by atoms with Crippen molar-refractivity contribution in [1.29, 1.82) is 0 Å². The van der Waals surface area contributed by atoms with Gasteiger partial charge in [0, 0.05) is 17.9 Å². The lowest BCUT2D eigenvalue weighted by molar-refractivity contribution is -0.382. The van der Waals surface area contributed by atoms with Crippen LogP contribution in [0.3, 0.4) is 0 Å². The van der Waals surface area contributed by atoms with Crippen molar-refractivity contribution in [2.75, 3.05) is 28.8 Å². The minimum absolute atomic E-state index is 0.449. The zero-order chi connectivity index (χ0) is 24.7. The Hall–Kier alpha value is -0.350. The predicted molar refractivity (Wildman–Crippen MR) is 99.0 cm³/mol. The zero-order valence-corrected chi connectivity index (χ0v) is 18.6. The molecule has 0 spiro atoms. The van der Waals surface area contributed by atoms with Gasteiger partial charge >= 0.3 is 23.3 Å². The Balaban J connectivity index is 0.000000590. The number of hydrogen-bond donors (Lipinski definition) is 0. The molecule has 1 saturated heterocycles. The van der Waals surface area contributed by atoms with Gasteiger partial charge in [-0.1, -0.05) is 19.8 Å². The highest BCUT2D eigenvalue weighted by atomic mass is 32.2. The summed E-state index contributed by atoms with van der Waals surface area (Å²) >= 11 is 2.04. The van der Waals surface area contributed by atoms with E-state index < -0.39 is 33.4 Å². The topological polar surface area (TPSA) is 74.3 Å². The van der Waals surface area contributed by atoms with Gasteiger partial charge in [-0.2, -0.15) is 51.3 Å². The van der Waals surface area contributed by atoms with Crippen LogP contribution in [0.25, 0.3) is 0 Å². The van der Waals surface area contributed by atoms with E-state index in [9.17, 15) is 57.3 Å². The van der Waals surface area contributed by atoms with Gasteiger partial charge < -0.3 is 4.55 Å². The van der Waals surface area contributed by atoms with Crippen LogP contribution < -0.4 is 0 Å². The molecule has 0 unspecified atom stereocenters. The van der Waals surface area contributed by atoms with Crippen LogP contribution in [0.4, 0.5) is 39.5 Å². The third-order valence-electron chi connectivity index (χ3n) is 3.89. The molecule has 0 radical (unpaired) electrons. The van der Waals surface area contributed by atoms with Crippen molar-refractivity contribution >= 4 is 38.6 Å². The molecule has 0 aromatic heterocycles. The Morgan fingerprint density at radius 1 is 0.935 bits per heavy atom. The van der Waals surface area contributed by atoms with Crippen molar-refractivity contribution in [3.8, 4) is 0 Å². The van der Waals surface area contributed by atoms with Crippen molar-refractivity contribution in [1.82, 2.24) is 0 Å². The maximum absolute atomic E-state index is 12.2. The van der Waals surface area contributed by atoms with Gasteiger partial charge in [0.25, 0.3) is 0 Å². The average molecular weight is 533 g/mol. The van der Waals surface area contributed by atoms with E-state index in [-0.39, 0.29) is 0 Å². The highest BCUT2D eigenvalue weighted by molar-refractivity contribution is 8.05. The molecular formula is C15H21F9O4S3. The molecular weight excluding hydrogens is 511 g/mol. The second kappa shape index (κ2) is 11.7. The first-order valence-electron chi connectivity index (χ1n) is 8.72. The number of thioether (sulfide) groups is 1. The lowest BCUT2D eigenvalue weighted by Gasteiger charge is -2.34. The smallest absolute Gasteiger partial charge is 0.460 e. The van der Waals surface area contributed by atoms with Crippen molar-refractivity contribution in [3.63, 3.8) is 0 Å². The monoisotopic (exact) mass is 532 g/mol. The van der Waals surface area contributed by atoms with E-state index in [1.165, 1.54) is 35.9 Å². The second-order valence-corrected chi connectivity index (χ2v) is 11.4. The lowest BCUT2D eigenvalue weighted by atomic mass is 10.1. The highest BCUT2D eigenvalue weighted by Crippen LogP contribution is 2.54. The van der Waals surface area contributed by atoms with Crippen LogP contribution >= 0.6 is 11.8 Å². The van der Waals surface area contributed by atoms with Crippen molar-refractivity contribution in [2.24, 2.45) is 0 Å². The van der Waals surface area contributed by atoms with Crippen LogP contribution in [-0.2, 0) is 25.8 Å². The van der Waals surface area contributed by atoms with Gasteiger partial charge in [-0.15, -0.1) is 0 Å². The second-order valence-electron chi connectivity index (χ2n) is 6.39. The SMILES string of the molecule is CCCCCC(=O)C[S+]1CCSCC1.O=S(=O)([O-])C(F)(F)C(F)(F)C(F)(F)C(F)(F)F. The largest absolute Gasteiger partial charge is 0.743 e. The standard InChI is InChI=1S/C11H21OS2.C4HF9O3S/c1-2-3-4-5-11(12)10-14-8-6-13-7-9-14;5-1(6,3(9,10)11)2(7,8)4(12,13)17(14,15)16/h2-10H2,1H3;(H,14,15,16)/q+1;/p-1. The fourth-order valence-electron chi connectivity index (χ4n) is 2.09. The number of Topliss-reactive ketones (excluding diaryl/α,β-unsaturated/α-hetero) is 1. The molecule has 186 valence electrons. The molecule has 4 nitrogen and oxygen atoms in total. The van der Waals surface area contributed by atoms with Gasteiger partial charge in [-0.25, -0.2) is 8.42 Å². The number of halogens is 9. The molecule has 31 heavy (non-hydrogen) atoms. The Bertz CT molecular complexity index is 676. The highest BCUT2D eigenvalue weighted by Gasteiger charge is 2.83. The minimum atomic E-state index is -7.43. The summed E-state index contributed by atoms with van der Waals surface area (Å²) in [4.78, 5) is 11.6. The molecule has 0 bridgehead atoms. The molecule has 0 aromatic carbocycles. The van der Waals surface area contributed by atoms with Gasteiger partial charge in [0.2, 0.25) is 0 Å². The van der Waals surface area contributed by atoms with E-state index in [2.05, 4.69) is 6.92 Å². The molecule has 0 atom stereocenters.